The Labute approximate surface area is 205 Å². The van der Waals surface area contributed by atoms with Crippen molar-refractivity contribution in [2.75, 3.05) is 20.3 Å². The highest BCUT2D eigenvalue weighted by molar-refractivity contribution is 5.97. The molecule has 4 heterocycles. The van der Waals surface area contributed by atoms with Gasteiger partial charge in [-0.1, -0.05) is 18.2 Å². The Hall–Kier alpha value is -3.65. The van der Waals surface area contributed by atoms with Crippen LogP contribution >= 0.6 is 0 Å². The van der Waals surface area contributed by atoms with E-state index in [0.717, 1.165) is 39.2 Å². The molecule has 0 aliphatic carbocycles. The van der Waals surface area contributed by atoms with Crippen LogP contribution in [-0.2, 0) is 23.4 Å². The van der Waals surface area contributed by atoms with Gasteiger partial charge in [0.2, 0.25) is 0 Å². The topological polar surface area (TPSA) is 73.9 Å². The van der Waals surface area contributed by atoms with Crippen LogP contribution in [0.4, 0.5) is 0 Å². The van der Waals surface area contributed by atoms with Gasteiger partial charge >= 0.3 is 0 Å². The summed E-state index contributed by atoms with van der Waals surface area (Å²) < 4.78 is 14.5. The van der Waals surface area contributed by atoms with Gasteiger partial charge in [0, 0.05) is 37.7 Å². The molecule has 5 rings (SSSR count). The van der Waals surface area contributed by atoms with E-state index in [2.05, 4.69) is 56.1 Å². The highest BCUT2D eigenvalue weighted by Gasteiger charge is 2.32. The van der Waals surface area contributed by atoms with Crippen molar-refractivity contribution in [3.8, 4) is 16.9 Å². The number of hydrogen-bond acceptors (Lipinski definition) is 5. The largest absolute Gasteiger partial charge is 0.489 e. The Bertz CT molecular complexity index is 1400. The van der Waals surface area contributed by atoms with Crippen LogP contribution in [0.25, 0.3) is 16.6 Å². The maximum atomic E-state index is 13.0. The minimum atomic E-state index is -0.142. The highest BCUT2D eigenvalue weighted by Crippen LogP contribution is 2.31. The first-order valence-electron chi connectivity index (χ1n) is 11.8. The van der Waals surface area contributed by atoms with E-state index in [1.165, 1.54) is 0 Å². The normalized spacial score (nSPS) is 13.6. The average molecular weight is 474 g/mol. The third-order valence-corrected chi connectivity index (χ3v) is 6.39. The van der Waals surface area contributed by atoms with E-state index in [0.29, 0.717) is 31.9 Å². The lowest BCUT2D eigenvalue weighted by atomic mass is 9.99. The molecule has 35 heavy (non-hydrogen) atoms. The molecule has 0 saturated carbocycles. The number of carbonyl (C=O) groups is 1. The molecule has 4 aromatic rings. The standard InChI is InChI=1S/C27H31N5O3/c1-18-12-19(22-8-9-28-31-15-21(13-25(22)31)35-11-10-34-5)6-7-20(18)14-30-17-24-23(26(30)33)16-32(29-24)27(2,3)4/h6-9,12-13,15-16H,10-11,14,17H2,1-5H3. The van der Waals surface area contributed by atoms with E-state index < -0.39 is 0 Å². The van der Waals surface area contributed by atoms with Crippen molar-refractivity contribution in [2.24, 2.45) is 0 Å². The lowest BCUT2D eigenvalue weighted by Crippen LogP contribution is -2.27. The third-order valence-electron chi connectivity index (χ3n) is 6.39. The molecule has 0 N–H and O–H groups in total. The van der Waals surface area contributed by atoms with Crippen LogP contribution in [0, 0.1) is 6.92 Å². The number of aryl methyl sites for hydroxylation is 1. The molecular formula is C27H31N5O3. The fourth-order valence-electron chi connectivity index (χ4n) is 4.40. The minimum Gasteiger partial charge on any atom is -0.489 e. The predicted octanol–water partition coefficient (Wildman–Crippen LogP) is 4.44. The third kappa shape index (κ3) is 4.41. The molecule has 0 radical (unpaired) electrons. The van der Waals surface area contributed by atoms with Crippen LogP contribution in [0.2, 0.25) is 0 Å². The molecule has 0 unspecified atom stereocenters. The van der Waals surface area contributed by atoms with E-state index in [1.54, 1.807) is 13.3 Å². The number of nitrogens with zero attached hydrogens (tertiary/aromatic N) is 5. The summed E-state index contributed by atoms with van der Waals surface area (Å²) in [5.41, 5.74) is 6.83. The number of ether oxygens (including phenoxy) is 2. The van der Waals surface area contributed by atoms with Gasteiger partial charge in [-0.15, -0.1) is 0 Å². The van der Waals surface area contributed by atoms with Gasteiger partial charge in [-0.25, -0.2) is 4.52 Å². The number of aromatic nitrogens is 4. The molecule has 0 fully saturated rings. The molecule has 0 spiro atoms. The quantitative estimate of drug-likeness (QED) is 0.371. The fourth-order valence-corrected chi connectivity index (χ4v) is 4.40. The van der Waals surface area contributed by atoms with Gasteiger partial charge < -0.3 is 14.4 Å². The Morgan fingerprint density at radius 3 is 2.60 bits per heavy atom. The monoisotopic (exact) mass is 473 g/mol. The first-order valence-corrected chi connectivity index (χ1v) is 11.8. The molecule has 3 aromatic heterocycles. The summed E-state index contributed by atoms with van der Waals surface area (Å²) in [6, 6.07) is 10.4. The molecule has 1 amide bonds. The van der Waals surface area contributed by atoms with Crippen molar-refractivity contribution < 1.29 is 14.3 Å². The van der Waals surface area contributed by atoms with Crippen molar-refractivity contribution in [1.82, 2.24) is 24.3 Å². The molecule has 8 nitrogen and oxygen atoms in total. The van der Waals surface area contributed by atoms with Gasteiger partial charge in [0.15, 0.2) is 0 Å². The molecule has 1 aliphatic heterocycles. The predicted molar refractivity (Wildman–Crippen MR) is 134 cm³/mol. The minimum absolute atomic E-state index is 0.0454. The SMILES string of the molecule is COCCOc1cc2c(-c3ccc(CN4Cc5nn(C(C)(C)C)cc5C4=O)c(C)c3)ccnn2c1. The van der Waals surface area contributed by atoms with Crippen molar-refractivity contribution in [2.45, 2.75) is 46.3 Å². The van der Waals surface area contributed by atoms with Gasteiger partial charge in [-0.05, 0) is 50.5 Å². The van der Waals surface area contributed by atoms with Crippen LogP contribution in [0.3, 0.4) is 0 Å². The molecule has 0 atom stereocenters. The number of benzene rings is 1. The molecule has 8 heteroatoms. The van der Waals surface area contributed by atoms with Crippen LogP contribution in [0.1, 0.15) is 48.0 Å². The van der Waals surface area contributed by atoms with Gasteiger partial charge in [0.05, 0.1) is 41.7 Å². The Morgan fingerprint density at radius 2 is 1.89 bits per heavy atom. The van der Waals surface area contributed by atoms with Crippen molar-refractivity contribution in [3.63, 3.8) is 0 Å². The second-order valence-corrected chi connectivity index (χ2v) is 10.00. The van der Waals surface area contributed by atoms with Crippen molar-refractivity contribution in [3.05, 3.63) is 71.3 Å². The zero-order chi connectivity index (χ0) is 24.7. The highest BCUT2D eigenvalue weighted by atomic mass is 16.5. The Morgan fingerprint density at radius 1 is 1.06 bits per heavy atom. The van der Waals surface area contributed by atoms with Crippen LogP contribution in [-0.4, -0.2) is 50.5 Å². The maximum absolute atomic E-state index is 13.0. The lowest BCUT2D eigenvalue weighted by molar-refractivity contribution is 0.0763. The fraction of sp³-hybridized carbons (Fsp3) is 0.370. The number of carbonyl (C=O) groups excluding carboxylic acids is 1. The van der Waals surface area contributed by atoms with Crippen molar-refractivity contribution in [1.29, 1.82) is 0 Å². The number of rotatable bonds is 7. The van der Waals surface area contributed by atoms with Crippen LogP contribution in [0.5, 0.6) is 5.75 Å². The van der Waals surface area contributed by atoms with Crippen LogP contribution < -0.4 is 4.74 Å². The molecule has 0 saturated heterocycles. The van der Waals surface area contributed by atoms with E-state index >= 15 is 0 Å². The molecule has 0 bridgehead atoms. The average Bonchev–Trinajstić information content (AvgIpc) is 3.49. The maximum Gasteiger partial charge on any atom is 0.258 e. The summed E-state index contributed by atoms with van der Waals surface area (Å²) in [5.74, 6) is 0.805. The summed E-state index contributed by atoms with van der Waals surface area (Å²) in [4.78, 5) is 14.9. The van der Waals surface area contributed by atoms with E-state index in [4.69, 9.17) is 9.47 Å². The zero-order valence-electron chi connectivity index (χ0n) is 20.9. The lowest BCUT2D eigenvalue weighted by Gasteiger charge is -2.21. The summed E-state index contributed by atoms with van der Waals surface area (Å²) in [6.45, 7) is 10.5. The number of methoxy groups -OCH3 is 1. The van der Waals surface area contributed by atoms with Gasteiger partial charge in [-0.3, -0.25) is 9.48 Å². The number of fused-ring (bicyclic) bond motifs is 2. The zero-order valence-corrected chi connectivity index (χ0v) is 20.9. The molecular weight excluding hydrogens is 442 g/mol. The Kier molecular flexibility index (Phi) is 5.84. The smallest absolute Gasteiger partial charge is 0.258 e. The number of hydrogen-bond donors (Lipinski definition) is 0. The van der Waals surface area contributed by atoms with Crippen LogP contribution in [0.15, 0.2) is 48.9 Å². The number of amides is 1. The van der Waals surface area contributed by atoms with Gasteiger partial charge in [0.25, 0.3) is 5.91 Å². The van der Waals surface area contributed by atoms with Crippen molar-refractivity contribution >= 4 is 11.4 Å². The molecule has 1 aromatic carbocycles. The summed E-state index contributed by atoms with van der Waals surface area (Å²) in [6.07, 6.45) is 5.55. The second-order valence-electron chi connectivity index (χ2n) is 10.00. The Balaban J connectivity index is 1.35. The molecule has 182 valence electrons. The van der Waals surface area contributed by atoms with Gasteiger partial charge in [0.1, 0.15) is 12.4 Å². The summed E-state index contributed by atoms with van der Waals surface area (Å²) >= 11 is 0. The van der Waals surface area contributed by atoms with Gasteiger partial charge in [-0.2, -0.15) is 10.2 Å². The first kappa shape index (κ1) is 23.1. The summed E-state index contributed by atoms with van der Waals surface area (Å²) in [7, 11) is 1.66. The first-order chi connectivity index (χ1) is 16.7. The van der Waals surface area contributed by atoms with E-state index in [9.17, 15) is 4.79 Å². The van der Waals surface area contributed by atoms with E-state index in [-0.39, 0.29) is 11.4 Å². The van der Waals surface area contributed by atoms with E-state index in [1.807, 2.05) is 38.6 Å². The summed E-state index contributed by atoms with van der Waals surface area (Å²) in [5, 5.41) is 9.09. The second kappa shape index (κ2) is 8.85. The molecule has 1 aliphatic rings.